The maximum absolute atomic E-state index is 13.6. The Hall–Kier alpha value is -4.92. The summed E-state index contributed by atoms with van der Waals surface area (Å²) in [5, 5.41) is 3.91. The lowest BCUT2D eigenvalue weighted by Gasteiger charge is -2.20. The van der Waals surface area contributed by atoms with Crippen LogP contribution >= 0.6 is 0 Å². The van der Waals surface area contributed by atoms with E-state index in [2.05, 4.69) is 25.3 Å². The van der Waals surface area contributed by atoms with Crippen LogP contribution < -0.4 is 11.1 Å². The van der Waals surface area contributed by atoms with Gasteiger partial charge in [-0.15, -0.1) is 0 Å². The van der Waals surface area contributed by atoms with Crippen molar-refractivity contribution in [3.63, 3.8) is 0 Å². The molecule has 0 atom stereocenters. The van der Waals surface area contributed by atoms with Crippen LogP contribution in [0.15, 0.2) is 78.3 Å². The van der Waals surface area contributed by atoms with Crippen LogP contribution in [0.3, 0.4) is 0 Å². The molecule has 1 aliphatic rings. The molecule has 1 fully saturated rings. The number of nitrogens with one attached hydrogen (secondary N) is 2. The summed E-state index contributed by atoms with van der Waals surface area (Å²) < 4.78 is 13.6. The zero-order valence-corrected chi connectivity index (χ0v) is 24.1. The molecule has 0 saturated heterocycles. The van der Waals surface area contributed by atoms with Gasteiger partial charge >= 0.3 is 0 Å². The van der Waals surface area contributed by atoms with Crippen molar-refractivity contribution < 1.29 is 9.18 Å². The third-order valence-electron chi connectivity index (χ3n) is 7.94. The molecule has 4 heterocycles. The summed E-state index contributed by atoms with van der Waals surface area (Å²) in [6.07, 6.45) is 13.2. The molecule has 0 aliphatic heterocycles. The standard InChI is InChI=1S/C34H34FN7O/c1-2-38-34(31-17-27-29(42-31)12-13-39-33(27)22-8-10-24(35)11-9-22)26-16-30(40-20-28(26)36)23-15-25(19-37-18-23)41-32(43)14-21-6-4-3-5-7-21/h8-13,15-21,42H,2-7,14,36H2,1H3,(H,41,43). The second kappa shape index (κ2) is 12.5. The van der Waals surface area contributed by atoms with Gasteiger partial charge in [0, 0.05) is 53.0 Å². The number of H-pyrrole nitrogens is 1. The van der Waals surface area contributed by atoms with E-state index in [4.69, 9.17) is 10.7 Å². The summed E-state index contributed by atoms with van der Waals surface area (Å²) in [6.45, 7) is 2.50. The Labute approximate surface area is 249 Å². The molecule has 1 aromatic carbocycles. The number of rotatable bonds is 8. The molecule has 5 aromatic rings. The molecule has 8 nitrogen and oxygen atoms in total. The number of pyridine rings is 3. The number of carbonyl (C=O) groups excluding carboxylic acids is 1. The van der Waals surface area contributed by atoms with Crippen LogP contribution in [0.4, 0.5) is 15.8 Å². The van der Waals surface area contributed by atoms with E-state index in [0.717, 1.165) is 51.8 Å². The number of hydrogen-bond donors (Lipinski definition) is 3. The van der Waals surface area contributed by atoms with E-state index in [1.54, 1.807) is 36.9 Å². The number of aromatic nitrogens is 4. The summed E-state index contributed by atoms with van der Waals surface area (Å²) in [5.74, 6) is 0.173. The third-order valence-corrected chi connectivity index (χ3v) is 7.94. The molecule has 1 aliphatic carbocycles. The normalized spacial score (nSPS) is 14.2. The summed E-state index contributed by atoms with van der Waals surface area (Å²) in [6, 6.07) is 14.0. The Morgan fingerprint density at radius 2 is 1.84 bits per heavy atom. The minimum atomic E-state index is -0.297. The highest BCUT2D eigenvalue weighted by molar-refractivity contribution is 6.17. The molecule has 0 bridgehead atoms. The van der Waals surface area contributed by atoms with Crippen molar-refractivity contribution in [2.45, 2.75) is 45.4 Å². The average Bonchev–Trinajstić information content (AvgIpc) is 3.46. The van der Waals surface area contributed by atoms with E-state index >= 15 is 0 Å². The topological polar surface area (TPSA) is 122 Å². The Balaban J connectivity index is 1.31. The predicted molar refractivity (Wildman–Crippen MR) is 169 cm³/mol. The van der Waals surface area contributed by atoms with Crippen molar-refractivity contribution >= 4 is 33.9 Å². The van der Waals surface area contributed by atoms with Gasteiger partial charge in [-0.25, -0.2) is 4.39 Å². The van der Waals surface area contributed by atoms with Crippen molar-refractivity contribution in [3.8, 4) is 22.5 Å². The van der Waals surface area contributed by atoms with Crippen molar-refractivity contribution in [2.75, 3.05) is 17.6 Å². The van der Waals surface area contributed by atoms with Crippen LogP contribution in [0.1, 0.15) is 56.7 Å². The highest BCUT2D eigenvalue weighted by atomic mass is 19.1. The fourth-order valence-corrected chi connectivity index (χ4v) is 5.84. The van der Waals surface area contributed by atoms with E-state index < -0.39 is 0 Å². The Kier molecular flexibility index (Phi) is 8.22. The number of nitrogen functional groups attached to an aromatic ring is 1. The molecule has 6 rings (SSSR count). The lowest BCUT2D eigenvalue weighted by molar-refractivity contribution is -0.117. The van der Waals surface area contributed by atoms with Crippen molar-refractivity contribution in [3.05, 3.63) is 90.4 Å². The van der Waals surface area contributed by atoms with E-state index in [-0.39, 0.29) is 11.7 Å². The summed E-state index contributed by atoms with van der Waals surface area (Å²) in [4.78, 5) is 34.6. The minimum absolute atomic E-state index is 0.0162. The van der Waals surface area contributed by atoms with Crippen molar-refractivity contribution in [1.82, 2.24) is 19.9 Å². The zero-order valence-electron chi connectivity index (χ0n) is 24.1. The molecule has 4 aromatic heterocycles. The molecule has 0 radical (unpaired) electrons. The number of aliphatic imine (C=N–C) groups is 1. The second-order valence-corrected chi connectivity index (χ2v) is 11.0. The number of amides is 1. The SMILES string of the molecule is CCN=C(c1cc2c(-c3ccc(F)cc3)nccc2[nH]1)c1cc(-c2cncc(NC(=O)CC3CCCCC3)c2)ncc1N. The molecule has 0 spiro atoms. The lowest BCUT2D eigenvalue weighted by atomic mass is 9.87. The van der Waals surface area contributed by atoms with Crippen molar-refractivity contribution in [2.24, 2.45) is 10.9 Å². The quantitative estimate of drug-likeness (QED) is 0.169. The van der Waals surface area contributed by atoms with Gasteiger partial charge < -0.3 is 16.0 Å². The molecular formula is C34H34FN7O. The van der Waals surface area contributed by atoms with Gasteiger partial charge in [-0.3, -0.25) is 24.7 Å². The smallest absolute Gasteiger partial charge is 0.224 e. The van der Waals surface area contributed by atoms with Gasteiger partial charge in [0.05, 0.1) is 46.6 Å². The number of aromatic amines is 1. The highest BCUT2D eigenvalue weighted by Gasteiger charge is 2.19. The fourth-order valence-electron chi connectivity index (χ4n) is 5.84. The molecule has 9 heteroatoms. The number of fused-ring (bicyclic) bond motifs is 1. The van der Waals surface area contributed by atoms with E-state index in [9.17, 15) is 9.18 Å². The largest absolute Gasteiger partial charge is 0.397 e. The molecular weight excluding hydrogens is 541 g/mol. The maximum Gasteiger partial charge on any atom is 0.224 e. The van der Waals surface area contributed by atoms with Gasteiger partial charge in [0.1, 0.15) is 5.82 Å². The van der Waals surface area contributed by atoms with Crippen molar-refractivity contribution in [1.29, 1.82) is 0 Å². The maximum atomic E-state index is 13.6. The molecule has 1 saturated carbocycles. The van der Waals surface area contributed by atoms with Gasteiger partial charge in [0.25, 0.3) is 0 Å². The van der Waals surface area contributed by atoms with Crippen LogP contribution in [-0.4, -0.2) is 38.1 Å². The number of carbonyl (C=O) groups is 1. The van der Waals surface area contributed by atoms with Crippen LogP contribution in [0.5, 0.6) is 0 Å². The third kappa shape index (κ3) is 6.30. The number of hydrogen-bond acceptors (Lipinski definition) is 6. The zero-order chi connectivity index (χ0) is 29.8. The second-order valence-electron chi connectivity index (χ2n) is 11.0. The summed E-state index contributed by atoms with van der Waals surface area (Å²) in [5.41, 5.74) is 13.6. The Morgan fingerprint density at radius 1 is 1.02 bits per heavy atom. The first-order valence-corrected chi connectivity index (χ1v) is 14.8. The number of anilines is 2. The predicted octanol–water partition coefficient (Wildman–Crippen LogP) is 7.17. The van der Waals surface area contributed by atoms with Crippen LogP contribution in [0.2, 0.25) is 0 Å². The van der Waals surface area contributed by atoms with Gasteiger partial charge in [0.2, 0.25) is 5.91 Å². The van der Waals surface area contributed by atoms with Gasteiger partial charge in [0.15, 0.2) is 0 Å². The average molecular weight is 576 g/mol. The van der Waals surface area contributed by atoms with E-state index in [1.807, 2.05) is 31.2 Å². The number of nitrogens with zero attached hydrogens (tertiary/aromatic N) is 4. The molecule has 1 amide bonds. The fraction of sp³-hybridized carbons (Fsp3) is 0.265. The minimum Gasteiger partial charge on any atom is -0.397 e. The summed E-state index contributed by atoms with van der Waals surface area (Å²) in [7, 11) is 0. The Morgan fingerprint density at radius 3 is 2.63 bits per heavy atom. The van der Waals surface area contributed by atoms with Gasteiger partial charge in [-0.1, -0.05) is 19.3 Å². The van der Waals surface area contributed by atoms with Gasteiger partial charge in [-0.05, 0) is 74.2 Å². The first-order chi connectivity index (χ1) is 21.0. The summed E-state index contributed by atoms with van der Waals surface area (Å²) >= 11 is 0. The van der Waals surface area contributed by atoms with E-state index in [1.165, 1.54) is 31.4 Å². The molecule has 0 unspecified atom stereocenters. The first kappa shape index (κ1) is 28.2. The van der Waals surface area contributed by atoms with Crippen LogP contribution in [-0.2, 0) is 4.79 Å². The lowest BCUT2D eigenvalue weighted by Crippen LogP contribution is -2.18. The molecule has 218 valence electrons. The van der Waals surface area contributed by atoms with Gasteiger partial charge in [-0.2, -0.15) is 0 Å². The van der Waals surface area contributed by atoms with E-state index in [0.29, 0.717) is 41.7 Å². The Bertz CT molecular complexity index is 1790. The molecule has 43 heavy (non-hydrogen) atoms. The highest BCUT2D eigenvalue weighted by Crippen LogP contribution is 2.31. The first-order valence-electron chi connectivity index (χ1n) is 14.8. The number of halogens is 1. The number of nitrogens with two attached hydrogens (primary N) is 1. The van der Waals surface area contributed by atoms with Crippen LogP contribution in [0, 0.1) is 11.7 Å². The number of benzene rings is 1. The molecule has 4 N–H and O–H groups in total. The monoisotopic (exact) mass is 575 g/mol. The van der Waals surface area contributed by atoms with Crippen LogP contribution in [0.25, 0.3) is 33.4 Å².